The Hall–Kier alpha value is -3.86. The molecule has 6 nitrogen and oxygen atoms in total. The van der Waals surface area contributed by atoms with Crippen molar-refractivity contribution in [1.82, 2.24) is 15.3 Å². The van der Waals surface area contributed by atoms with Gasteiger partial charge in [0.15, 0.2) is 0 Å². The average Bonchev–Trinajstić information content (AvgIpc) is 3.38. The van der Waals surface area contributed by atoms with E-state index in [0.29, 0.717) is 29.1 Å². The SMILES string of the molecule is CC1(C)Cc2c(c(C(=O)NCc3ccc(F)cc3C(F)(F)F)cc3nc(Nc4c(F)cccc4Cl)[nH]c23)O1. The lowest BCUT2D eigenvalue weighted by molar-refractivity contribution is -0.138. The molecule has 4 aromatic rings. The number of carbonyl (C=O) groups excluding carboxylic acids is 1. The molecule has 1 amide bonds. The summed E-state index contributed by atoms with van der Waals surface area (Å²) in [5.74, 6) is -1.91. The van der Waals surface area contributed by atoms with Gasteiger partial charge in [0.05, 0.1) is 32.9 Å². The fraction of sp³-hybridized carbons (Fsp3) is 0.231. The van der Waals surface area contributed by atoms with Crippen molar-refractivity contribution in [3.05, 3.63) is 81.4 Å². The third kappa shape index (κ3) is 4.85. The van der Waals surface area contributed by atoms with E-state index in [1.54, 1.807) is 0 Å². The molecule has 1 aromatic heterocycles. The number of fused-ring (bicyclic) bond motifs is 3. The summed E-state index contributed by atoms with van der Waals surface area (Å²) < 4.78 is 73.9. The number of amides is 1. The molecule has 0 aliphatic carbocycles. The number of nitrogens with one attached hydrogen (secondary N) is 3. The molecule has 5 rings (SSSR count). The first-order chi connectivity index (χ1) is 17.8. The molecular formula is C26H20ClF5N4O2. The van der Waals surface area contributed by atoms with Crippen molar-refractivity contribution in [2.45, 2.75) is 38.6 Å². The van der Waals surface area contributed by atoms with Gasteiger partial charge in [0.1, 0.15) is 23.0 Å². The Balaban J connectivity index is 1.50. The molecule has 38 heavy (non-hydrogen) atoms. The fourth-order valence-corrected chi connectivity index (χ4v) is 4.63. The summed E-state index contributed by atoms with van der Waals surface area (Å²) in [7, 11) is 0. The monoisotopic (exact) mass is 550 g/mol. The number of anilines is 2. The van der Waals surface area contributed by atoms with Gasteiger partial charge >= 0.3 is 6.18 Å². The van der Waals surface area contributed by atoms with Crippen LogP contribution in [-0.4, -0.2) is 21.5 Å². The molecule has 0 unspecified atom stereocenters. The van der Waals surface area contributed by atoms with Crippen LogP contribution in [0.25, 0.3) is 11.0 Å². The van der Waals surface area contributed by atoms with Gasteiger partial charge in [0, 0.05) is 18.5 Å². The predicted octanol–water partition coefficient (Wildman–Crippen LogP) is 6.90. The van der Waals surface area contributed by atoms with E-state index in [-0.39, 0.29) is 33.5 Å². The maximum absolute atomic E-state index is 14.3. The molecule has 3 aromatic carbocycles. The van der Waals surface area contributed by atoms with Crippen LogP contribution in [-0.2, 0) is 19.1 Å². The van der Waals surface area contributed by atoms with Gasteiger partial charge in [-0.3, -0.25) is 4.79 Å². The molecule has 1 aliphatic rings. The highest BCUT2D eigenvalue weighted by Gasteiger charge is 2.37. The zero-order chi connectivity index (χ0) is 27.4. The van der Waals surface area contributed by atoms with Crippen LogP contribution in [0.15, 0.2) is 42.5 Å². The number of rotatable bonds is 5. The van der Waals surface area contributed by atoms with Crippen LogP contribution in [0.5, 0.6) is 5.75 Å². The lowest BCUT2D eigenvalue weighted by Crippen LogP contribution is -2.27. The zero-order valence-corrected chi connectivity index (χ0v) is 20.7. The van der Waals surface area contributed by atoms with Crippen molar-refractivity contribution in [3.63, 3.8) is 0 Å². The van der Waals surface area contributed by atoms with Crippen LogP contribution in [0.4, 0.5) is 33.6 Å². The second-order valence-corrected chi connectivity index (χ2v) is 9.86. The number of hydrogen-bond donors (Lipinski definition) is 3. The molecular weight excluding hydrogens is 531 g/mol. The van der Waals surface area contributed by atoms with Crippen LogP contribution in [0.1, 0.15) is 40.9 Å². The third-order valence-electron chi connectivity index (χ3n) is 6.08. The maximum atomic E-state index is 14.3. The summed E-state index contributed by atoms with van der Waals surface area (Å²) in [4.78, 5) is 20.7. The van der Waals surface area contributed by atoms with E-state index < -0.39 is 41.4 Å². The molecule has 198 valence electrons. The Morgan fingerprint density at radius 3 is 2.66 bits per heavy atom. The van der Waals surface area contributed by atoms with Gasteiger partial charge in [-0.25, -0.2) is 13.8 Å². The molecule has 0 saturated carbocycles. The van der Waals surface area contributed by atoms with Crippen LogP contribution in [0.3, 0.4) is 0 Å². The number of para-hydroxylation sites is 1. The lowest BCUT2D eigenvalue weighted by atomic mass is 9.98. The van der Waals surface area contributed by atoms with Gasteiger partial charge in [0.2, 0.25) is 5.95 Å². The van der Waals surface area contributed by atoms with Gasteiger partial charge in [-0.05, 0) is 49.7 Å². The number of nitrogens with zero attached hydrogens (tertiary/aromatic N) is 1. The summed E-state index contributed by atoms with van der Waals surface area (Å²) in [5.41, 5.74) is -0.534. The minimum absolute atomic E-state index is 0.0131. The van der Waals surface area contributed by atoms with Crippen LogP contribution in [0, 0.1) is 11.6 Å². The van der Waals surface area contributed by atoms with Gasteiger partial charge < -0.3 is 20.4 Å². The molecule has 0 saturated heterocycles. The first-order valence-electron chi connectivity index (χ1n) is 11.4. The molecule has 0 bridgehead atoms. The van der Waals surface area contributed by atoms with Gasteiger partial charge in [-0.2, -0.15) is 13.2 Å². The van der Waals surface area contributed by atoms with E-state index in [2.05, 4.69) is 20.6 Å². The minimum atomic E-state index is -4.80. The molecule has 2 heterocycles. The van der Waals surface area contributed by atoms with Gasteiger partial charge in [0.25, 0.3) is 5.91 Å². The van der Waals surface area contributed by atoms with Crippen molar-refractivity contribution in [2.24, 2.45) is 0 Å². The van der Waals surface area contributed by atoms with E-state index in [0.717, 1.165) is 12.1 Å². The predicted molar refractivity (Wildman–Crippen MR) is 132 cm³/mol. The number of halogens is 6. The second kappa shape index (κ2) is 9.16. The second-order valence-electron chi connectivity index (χ2n) is 9.45. The summed E-state index contributed by atoms with van der Waals surface area (Å²) in [6, 6.07) is 7.90. The Kier molecular flexibility index (Phi) is 6.21. The van der Waals surface area contributed by atoms with Crippen molar-refractivity contribution in [2.75, 3.05) is 5.32 Å². The van der Waals surface area contributed by atoms with Crippen molar-refractivity contribution in [3.8, 4) is 5.75 Å². The molecule has 0 spiro atoms. The number of ether oxygens (including phenoxy) is 1. The molecule has 0 radical (unpaired) electrons. The number of benzene rings is 3. The van der Waals surface area contributed by atoms with E-state index in [1.165, 1.54) is 24.3 Å². The van der Waals surface area contributed by atoms with Crippen LogP contribution < -0.4 is 15.4 Å². The number of aromatic amines is 1. The van der Waals surface area contributed by atoms with Gasteiger partial charge in [-0.1, -0.05) is 23.7 Å². The largest absolute Gasteiger partial charge is 0.486 e. The highest BCUT2D eigenvalue weighted by atomic mass is 35.5. The molecule has 0 fully saturated rings. The van der Waals surface area contributed by atoms with Crippen LogP contribution in [0.2, 0.25) is 5.02 Å². The van der Waals surface area contributed by atoms with Crippen molar-refractivity contribution in [1.29, 1.82) is 0 Å². The first-order valence-corrected chi connectivity index (χ1v) is 11.8. The Labute approximate surface area is 218 Å². The van der Waals surface area contributed by atoms with Gasteiger partial charge in [-0.15, -0.1) is 0 Å². The van der Waals surface area contributed by atoms with E-state index in [1.807, 2.05) is 13.8 Å². The maximum Gasteiger partial charge on any atom is 0.416 e. The zero-order valence-electron chi connectivity index (χ0n) is 20.0. The minimum Gasteiger partial charge on any atom is -0.486 e. The highest BCUT2D eigenvalue weighted by molar-refractivity contribution is 6.33. The lowest BCUT2D eigenvalue weighted by Gasteiger charge is -2.18. The van der Waals surface area contributed by atoms with Crippen molar-refractivity contribution >= 4 is 40.2 Å². The Morgan fingerprint density at radius 2 is 1.95 bits per heavy atom. The normalized spacial score (nSPS) is 14.3. The first kappa shape index (κ1) is 25.8. The van der Waals surface area contributed by atoms with E-state index in [9.17, 15) is 26.7 Å². The quantitative estimate of drug-likeness (QED) is 0.236. The third-order valence-corrected chi connectivity index (χ3v) is 6.40. The summed E-state index contributed by atoms with van der Waals surface area (Å²) >= 11 is 6.10. The molecule has 1 aliphatic heterocycles. The van der Waals surface area contributed by atoms with Crippen molar-refractivity contribution < 1.29 is 31.5 Å². The number of imidazole rings is 1. The highest BCUT2D eigenvalue weighted by Crippen LogP contribution is 2.42. The van der Waals surface area contributed by atoms with E-state index in [4.69, 9.17) is 16.3 Å². The summed E-state index contributed by atoms with van der Waals surface area (Å²) in [5, 5.41) is 5.42. The topological polar surface area (TPSA) is 79.0 Å². The molecule has 0 atom stereocenters. The number of carbonyl (C=O) groups is 1. The average molecular weight is 551 g/mol. The summed E-state index contributed by atoms with van der Waals surface area (Å²) in [6.45, 7) is 3.15. The molecule has 3 N–H and O–H groups in total. The number of aromatic nitrogens is 2. The smallest absolute Gasteiger partial charge is 0.416 e. The van der Waals surface area contributed by atoms with E-state index >= 15 is 0 Å². The Morgan fingerprint density at radius 1 is 1.18 bits per heavy atom. The Bertz CT molecular complexity index is 1560. The summed E-state index contributed by atoms with van der Waals surface area (Å²) in [6.07, 6.45) is -4.40. The fourth-order valence-electron chi connectivity index (χ4n) is 4.42. The number of H-pyrrole nitrogens is 1. The standard InChI is InChI=1S/C26H20ClF5N4O2/c1-25(2)10-15-20-19(34-24(35-20)36-21-17(27)4-3-5-18(21)29)9-14(22(15)38-25)23(37)33-11-12-6-7-13(28)8-16(12)26(30,31)32/h3-9H,10-11H2,1-2H3,(H,33,37)(H2,34,35,36). The number of alkyl halides is 3. The number of hydrogen-bond acceptors (Lipinski definition) is 4. The molecule has 12 heteroatoms. The van der Waals surface area contributed by atoms with Crippen LogP contribution >= 0.6 is 11.6 Å².